The summed E-state index contributed by atoms with van der Waals surface area (Å²) in [6.45, 7) is 6.50. The van der Waals surface area contributed by atoms with E-state index in [9.17, 15) is 9.90 Å². The minimum Gasteiger partial charge on any atom is -0.383 e. The standard InChI is InChI=1S/C23H32N4O2/c1-17(2)15-20(28)22(29)26-12-5-9-23(11-14-26)10-6-13-27(23)21-18-7-3-4-8-19(18)24-16-25-21/h3-4,7-8,16-17,20,28H,5-6,9-15H2,1-2H3/t20-,23+/m0/s1. The van der Waals surface area contributed by atoms with Crippen molar-refractivity contribution in [2.75, 3.05) is 24.5 Å². The molecule has 1 spiro atoms. The molecule has 0 radical (unpaired) electrons. The molecule has 1 amide bonds. The zero-order valence-electron chi connectivity index (χ0n) is 17.5. The largest absolute Gasteiger partial charge is 0.383 e. The highest BCUT2D eigenvalue weighted by atomic mass is 16.3. The van der Waals surface area contributed by atoms with Crippen molar-refractivity contribution in [3.8, 4) is 0 Å². The third kappa shape index (κ3) is 3.95. The van der Waals surface area contributed by atoms with Gasteiger partial charge in [0.15, 0.2) is 0 Å². The highest BCUT2D eigenvalue weighted by molar-refractivity contribution is 5.89. The molecule has 2 aromatic rings. The Hall–Kier alpha value is -2.21. The molecular weight excluding hydrogens is 364 g/mol. The van der Waals surface area contributed by atoms with Crippen LogP contribution in [0.2, 0.25) is 0 Å². The Morgan fingerprint density at radius 1 is 1.10 bits per heavy atom. The lowest BCUT2D eigenvalue weighted by Crippen LogP contribution is -2.46. The Morgan fingerprint density at radius 3 is 2.66 bits per heavy atom. The number of hydrogen-bond acceptors (Lipinski definition) is 5. The molecule has 0 aliphatic carbocycles. The minimum atomic E-state index is -0.880. The second-order valence-corrected chi connectivity index (χ2v) is 9.02. The zero-order chi connectivity index (χ0) is 20.4. The Balaban J connectivity index is 1.55. The predicted octanol–water partition coefficient (Wildman–Crippen LogP) is 3.39. The first-order chi connectivity index (χ1) is 14.0. The molecule has 1 aromatic heterocycles. The second kappa shape index (κ2) is 8.27. The number of fused-ring (bicyclic) bond motifs is 1. The van der Waals surface area contributed by atoms with Crippen molar-refractivity contribution in [2.45, 2.75) is 64.0 Å². The number of carbonyl (C=O) groups excluding carboxylic acids is 1. The first-order valence-corrected chi connectivity index (χ1v) is 10.9. The van der Waals surface area contributed by atoms with Crippen LogP contribution in [-0.2, 0) is 4.79 Å². The average Bonchev–Trinajstić information content (AvgIpc) is 2.99. The van der Waals surface area contributed by atoms with E-state index < -0.39 is 6.10 Å². The van der Waals surface area contributed by atoms with Crippen LogP contribution in [0.3, 0.4) is 0 Å². The molecule has 0 unspecified atom stereocenters. The number of likely N-dealkylation sites (tertiary alicyclic amines) is 1. The van der Waals surface area contributed by atoms with Crippen LogP contribution < -0.4 is 4.90 Å². The van der Waals surface area contributed by atoms with Crippen molar-refractivity contribution in [2.24, 2.45) is 5.92 Å². The van der Waals surface area contributed by atoms with Crippen LogP contribution >= 0.6 is 0 Å². The molecule has 6 nitrogen and oxygen atoms in total. The number of para-hydroxylation sites is 1. The summed E-state index contributed by atoms with van der Waals surface area (Å²) in [4.78, 5) is 26.2. The van der Waals surface area contributed by atoms with E-state index in [0.717, 1.165) is 61.9 Å². The van der Waals surface area contributed by atoms with E-state index in [0.29, 0.717) is 18.9 Å². The van der Waals surface area contributed by atoms with E-state index in [2.05, 4.69) is 20.9 Å². The number of amides is 1. The van der Waals surface area contributed by atoms with Crippen LogP contribution in [0, 0.1) is 5.92 Å². The van der Waals surface area contributed by atoms with E-state index >= 15 is 0 Å². The molecule has 4 rings (SSSR count). The first-order valence-electron chi connectivity index (χ1n) is 10.9. The summed E-state index contributed by atoms with van der Waals surface area (Å²) in [6, 6.07) is 8.19. The van der Waals surface area contributed by atoms with Crippen LogP contribution in [0.15, 0.2) is 30.6 Å². The summed E-state index contributed by atoms with van der Waals surface area (Å²) in [5, 5.41) is 11.4. The summed E-state index contributed by atoms with van der Waals surface area (Å²) in [7, 11) is 0. The fourth-order valence-electron chi connectivity index (χ4n) is 5.15. The van der Waals surface area contributed by atoms with Gasteiger partial charge in [0, 0.05) is 30.6 Å². The van der Waals surface area contributed by atoms with Crippen molar-refractivity contribution < 1.29 is 9.90 Å². The van der Waals surface area contributed by atoms with Gasteiger partial charge in [0.05, 0.1) is 5.52 Å². The number of aliphatic hydroxyl groups is 1. The van der Waals surface area contributed by atoms with Gasteiger partial charge >= 0.3 is 0 Å². The van der Waals surface area contributed by atoms with Crippen LogP contribution in [0.1, 0.15) is 52.4 Å². The number of carbonyl (C=O) groups is 1. The summed E-state index contributed by atoms with van der Waals surface area (Å²) in [5.74, 6) is 1.23. The molecule has 2 saturated heterocycles. The molecule has 29 heavy (non-hydrogen) atoms. The SMILES string of the molecule is CC(C)C[C@H](O)C(=O)N1CCC[C@@]2(CCCN2c2ncnc3ccccc23)CC1. The molecule has 0 saturated carbocycles. The topological polar surface area (TPSA) is 69.6 Å². The highest BCUT2D eigenvalue weighted by Crippen LogP contribution is 2.42. The summed E-state index contributed by atoms with van der Waals surface area (Å²) in [6.07, 6.45) is 6.51. The molecule has 6 heteroatoms. The third-order valence-electron chi connectivity index (χ3n) is 6.58. The molecule has 2 fully saturated rings. The van der Waals surface area contributed by atoms with Gasteiger partial charge in [-0.2, -0.15) is 0 Å². The maximum Gasteiger partial charge on any atom is 0.251 e. The maximum atomic E-state index is 12.8. The maximum absolute atomic E-state index is 12.8. The first kappa shape index (κ1) is 20.1. The van der Waals surface area contributed by atoms with Gasteiger partial charge < -0.3 is 14.9 Å². The number of benzene rings is 1. The smallest absolute Gasteiger partial charge is 0.251 e. The lowest BCUT2D eigenvalue weighted by atomic mass is 9.87. The Morgan fingerprint density at radius 2 is 1.86 bits per heavy atom. The average molecular weight is 397 g/mol. The van der Waals surface area contributed by atoms with E-state index in [1.165, 1.54) is 0 Å². The van der Waals surface area contributed by atoms with Gasteiger partial charge in [-0.25, -0.2) is 9.97 Å². The van der Waals surface area contributed by atoms with Gasteiger partial charge in [-0.05, 0) is 56.6 Å². The number of aromatic nitrogens is 2. The molecule has 2 atom stereocenters. The molecule has 3 heterocycles. The van der Waals surface area contributed by atoms with Gasteiger partial charge in [0.2, 0.25) is 0 Å². The predicted molar refractivity (Wildman–Crippen MR) is 115 cm³/mol. The molecule has 1 N–H and O–H groups in total. The van der Waals surface area contributed by atoms with Crippen LogP contribution in [0.4, 0.5) is 5.82 Å². The normalized spacial score (nSPS) is 23.7. The van der Waals surface area contributed by atoms with Crippen LogP contribution in [0.25, 0.3) is 10.9 Å². The zero-order valence-corrected chi connectivity index (χ0v) is 17.5. The van der Waals surface area contributed by atoms with Gasteiger partial charge in [-0.15, -0.1) is 0 Å². The van der Waals surface area contributed by atoms with E-state index in [1.807, 2.05) is 36.9 Å². The molecule has 1 aromatic carbocycles. The quantitative estimate of drug-likeness (QED) is 0.858. The number of anilines is 1. The summed E-state index contributed by atoms with van der Waals surface area (Å²) < 4.78 is 0. The van der Waals surface area contributed by atoms with E-state index in [1.54, 1.807) is 6.33 Å². The molecule has 156 valence electrons. The van der Waals surface area contributed by atoms with Crippen molar-refractivity contribution in [3.05, 3.63) is 30.6 Å². The molecule has 2 aliphatic heterocycles. The lowest BCUT2D eigenvalue weighted by Gasteiger charge is -2.39. The fraction of sp³-hybridized carbons (Fsp3) is 0.609. The fourth-order valence-corrected chi connectivity index (χ4v) is 5.15. The number of hydrogen-bond donors (Lipinski definition) is 1. The number of aliphatic hydroxyl groups excluding tert-OH is 1. The highest BCUT2D eigenvalue weighted by Gasteiger charge is 2.43. The van der Waals surface area contributed by atoms with Crippen LogP contribution in [-0.4, -0.2) is 57.2 Å². The van der Waals surface area contributed by atoms with Gasteiger partial charge in [-0.3, -0.25) is 4.79 Å². The molecule has 0 bridgehead atoms. The third-order valence-corrected chi connectivity index (χ3v) is 6.58. The monoisotopic (exact) mass is 396 g/mol. The second-order valence-electron chi connectivity index (χ2n) is 9.02. The minimum absolute atomic E-state index is 0.0369. The number of nitrogens with zero attached hydrogens (tertiary/aromatic N) is 4. The van der Waals surface area contributed by atoms with Crippen molar-refractivity contribution in [3.63, 3.8) is 0 Å². The summed E-state index contributed by atoms with van der Waals surface area (Å²) in [5.41, 5.74) is 1.01. The van der Waals surface area contributed by atoms with Crippen LogP contribution in [0.5, 0.6) is 0 Å². The Labute approximate surface area is 172 Å². The van der Waals surface area contributed by atoms with Crippen molar-refractivity contribution >= 4 is 22.6 Å². The van der Waals surface area contributed by atoms with Gasteiger partial charge in [0.1, 0.15) is 18.2 Å². The van der Waals surface area contributed by atoms with E-state index in [-0.39, 0.29) is 11.4 Å². The lowest BCUT2D eigenvalue weighted by molar-refractivity contribution is -0.140. The molecular formula is C23H32N4O2. The van der Waals surface area contributed by atoms with Crippen molar-refractivity contribution in [1.29, 1.82) is 0 Å². The Kier molecular flexibility index (Phi) is 5.72. The van der Waals surface area contributed by atoms with Gasteiger partial charge in [0.25, 0.3) is 5.91 Å². The number of rotatable bonds is 4. The van der Waals surface area contributed by atoms with Crippen molar-refractivity contribution in [1.82, 2.24) is 14.9 Å². The molecule has 2 aliphatic rings. The summed E-state index contributed by atoms with van der Waals surface area (Å²) >= 11 is 0. The van der Waals surface area contributed by atoms with E-state index in [4.69, 9.17) is 0 Å². The van der Waals surface area contributed by atoms with Gasteiger partial charge in [-0.1, -0.05) is 26.0 Å². The Bertz CT molecular complexity index is 866.